The molecule has 0 aromatic heterocycles. The Hall–Kier alpha value is -0.160. The van der Waals surface area contributed by atoms with E-state index in [1.54, 1.807) is 11.8 Å². The lowest BCUT2D eigenvalue weighted by molar-refractivity contribution is -0.441. The number of aliphatic hydroxyl groups is 1. The van der Waals surface area contributed by atoms with Crippen LogP contribution < -0.4 is 27.3 Å². The van der Waals surface area contributed by atoms with E-state index in [9.17, 15) is 5.11 Å². The van der Waals surface area contributed by atoms with Crippen LogP contribution in [0.25, 0.3) is 0 Å². The van der Waals surface area contributed by atoms with E-state index >= 15 is 0 Å². The molecule has 4 bridgehead atoms. The summed E-state index contributed by atoms with van der Waals surface area (Å²) in [6.45, 7) is 1.99. The first kappa shape index (κ1) is 14.8. The zero-order chi connectivity index (χ0) is 12.9. The molecular weight excluding hydrogens is 336 g/mol. The number of amidine groups is 1. The second kappa shape index (κ2) is 5.56. The van der Waals surface area contributed by atoms with E-state index in [4.69, 9.17) is 0 Å². The summed E-state index contributed by atoms with van der Waals surface area (Å²) in [5.74, 6) is 3.34. The van der Waals surface area contributed by atoms with Crippen LogP contribution in [0.3, 0.4) is 0 Å². The second-order valence-corrected chi connectivity index (χ2v) is 7.88. The number of hydrogen-bond acceptors (Lipinski definition) is 3. The molecule has 3 nitrogen and oxygen atoms in total. The van der Waals surface area contributed by atoms with Gasteiger partial charge in [-0.25, -0.2) is 0 Å². The Labute approximate surface area is 135 Å². The van der Waals surface area contributed by atoms with Gasteiger partial charge in [0.1, 0.15) is 18.8 Å². The van der Waals surface area contributed by atoms with Crippen molar-refractivity contribution in [3.63, 3.8) is 0 Å². The standard InChI is InChI=1S/C15H22N2OS.BrH/c18-13(9-19-14-16-1-2-17-14)15-6-10-3-11(7-15)5-12(4-10)8-15;/h9-12,18H,1-8H2,(H,16,17);1H/b13-9-;. The first-order valence-corrected chi connectivity index (χ1v) is 8.52. The Morgan fingerprint density at radius 2 is 1.80 bits per heavy atom. The van der Waals surface area contributed by atoms with Gasteiger partial charge in [-0.05, 0) is 68.0 Å². The predicted octanol–water partition coefficient (Wildman–Crippen LogP) is -1.62. The van der Waals surface area contributed by atoms with Crippen LogP contribution in [-0.4, -0.2) is 23.4 Å². The van der Waals surface area contributed by atoms with Crippen LogP contribution in [0.15, 0.2) is 11.2 Å². The minimum Gasteiger partial charge on any atom is -1.00 e. The Morgan fingerprint density at radius 3 is 2.30 bits per heavy atom. The quantitative estimate of drug-likeness (QED) is 0.520. The second-order valence-electron chi connectivity index (χ2n) is 7.00. The molecule has 112 valence electrons. The Kier molecular flexibility index (Phi) is 4.10. The number of allylic oxidation sites excluding steroid dienone is 1. The monoisotopic (exact) mass is 358 g/mol. The van der Waals surface area contributed by atoms with Gasteiger partial charge in [-0.1, -0.05) is 0 Å². The molecular formula is C15H23BrN2OS. The van der Waals surface area contributed by atoms with Crippen molar-refractivity contribution in [1.82, 2.24) is 5.32 Å². The molecule has 4 saturated carbocycles. The minimum atomic E-state index is 0. The van der Waals surface area contributed by atoms with E-state index in [-0.39, 0.29) is 22.4 Å². The number of hydrogen-bond donors (Lipinski definition) is 3. The molecule has 5 heteroatoms. The van der Waals surface area contributed by atoms with Gasteiger partial charge in [0, 0.05) is 10.8 Å². The molecule has 4 fully saturated rings. The van der Waals surface area contributed by atoms with Crippen molar-refractivity contribution in [3.05, 3.63) is 11.2 Å². The zero-order valence-electron chi connectivity index (χ0n) is 11.7. The average molecular weight is 359 g/mol. The molecule has 0 unspecified atom stereocenters. The number of thioether (sulfide) groups is 1. The molecule has 1 heterocycles. The van der Waals surface area contributed by atoms with E-state index in [0.717, 1.165) is 36.0 Å². The summed E-state index contributed by atoms with van der Waals surface area (Å²) in [5.41, 5.74) is 0.140. The number of halogens is 1. The third-order valence-corrected chi connectivity index (χ3v) is 6.43. The minimum absolute atomic E-state index is 0. The summed E-state index contributed by atoms with van der Waals surface area (Å²) in [6, 6.07) is 0. The van der Waals surface area contributed by atoms with Crippen molar-refractivity contribution >= 4 is 16.9 Å². The van der Waals surface area contributed by atoms with E-state index < -0.39 is 0 Å². The van der Waals surface area contributed by atoms with Gasteiger partial charge >= 0.3 is 5.17 Å². The van der Waals surface area contributed by atoms with Gasteiger partial charge in [0.2, 0.25) is 0 Å². The van der Waals surface area contributed by atoms with Gasteiger partial charge in [-0.2, -0.15) is 0 Å². The highest BCUT2D eigenvalue weighted by atomic mass is 79.9. The molecule has 0 amide bonds. The predicted molar refractivity (Wildman–Crippen MR) is 77.7 cm³/mol. The van der Waals surface area contributed by atoms with Gasteiger partial charge in [-0.15, -0.1) is 0 Å². The first-order chi connectivity index (χ1) is 9.23. The largest absolute Gasteiger partial charge is 1.00 e. The van der Waals surface area contributed by atoms with Crippen LogP contribution in [0, 0.1) is 23.2 Å². The normalized spacial score (nSPS) is 42.1. The van der Waals surface area contributed by atoms with Crippen molar-refractivity contribution in [3.8, 4) is 0 Å². The fourth-order valence-corrected chi connectivity index (χ4v) is 6.01. The summed E-state index contributed by atoms with van der Waals surface area (Å²) in [4.78, 5) is 3.30. The Bertz CT molecular complexity index is 414. The Morgan fingerprint density at radius 1 is 1.20 bits per heavy atom. The van der Waals surface area contributed by atoms with Crippen molar-refractivity contribution in [2.45, 2.75) is 38.5 Å². The summed E-state index contributed by atoms with van der Waals surface area (Å²) < 4.78 is 0. The molecule has 4 aliphatic carbocycles. The number of rotatable bonds is 2. The van der Waals surface area contributed by atoms with Crippen molar-refractivity contribution < 1.29 is 27.1 Å². The third kappa shape index (κ3) is 2.52. The molecule has 0 radical (unpaired) electrons. The smallest absolute Gasteiger partial charge is 0.308 e. The van der Waals surface area contributed by atoms with Crippen LogP contribution in [-0.2, 0) is 0 Å². The van der Waals surface area contributed by atoms with Crippen LogP contribution in [0.1, 0.15) is 38.5 Å². The summed E-state index contributed by atoms with van der Waals surface area (Å²) in [6.07, 6.45) is 7.99. The Balaban J connectivity index is 0.00000121. The average Bonchev–Trinajstić information content (AvgIpc) is 2.87. The molecule has 1 aliphatic heterocycles. The van der Waals surface area contributed by atoms with Gasteiger partial charge < -0.3 is 22.1 Å². The topological polar surface area (TPSA) is 46.2 Å². The lowest BCUT2D eigenvalue weighted by Gasteiger charge is -2.56. The highest BCUT2D eigenvalue weighted by Gasteiger charge is 2.52. The molecule has 0 saturated heterocycles. The molecule has 0 atom stereocenters. The van der Waals surface area contributed by atoms with Gasteiger partial charge in [0.15, 0.2) is 0 Å². The molecule has 3 N–H and O–H groups in total. The van der Waals surface area contributed by atoms with Crippen LogP contribution >= 0.6 is 11.8 Å². The lowest BCUT2D eigenvalue weighted by atomic mass is 9.49. The molecule has 5 rings (SSSR count). The van der Waals surface area contributed by atoms with E-state index in [0.29, 0.717) is 5.76 Å². The van der Waals surface area contributed by atoms with Crippen molar-refractivity contribution in [1.29, 1.82) is 0 Å². The summed E-state index contributed by atoms with van der Waals surface area (Å²) in [7, 11) is 0. The SMILES string of the molecule is O/C(=C\SC1=[NH+]CCN1)C12CC3CC(CC(C3)C1)C2.[Br-]. The van der Waals surface area contributed by atoms with Crippen LogP contribution in [0.2, 0.25) is 0 Å². The van der Waals surface area contributed by atoms with Crippen molar-refractivity contribution in [2.24, 2.45) is 23.2 Å². The number of nitrogens with one attached hydrogen (secondary N) is 2. The van der Waals surface area contributed by atoms with Gasteiger partial charge in [0.05, 0.1) is 0 Å². The van der Waals surface area contributed by atoms with Crippen LogP contribution in [0.5, 0.6) is 0 Å². The molecule has 5 aliphatic rings. The first-order valence-electron chi connectivity index (χ1n) is 7.64. The van der Waals surface area contributed by atoms with Gasteiger partial charge in [0.25, 0.3) is 0 Å². The highest BCUT2D eigenvalue weighted by Crippen LogP contribution is 2.62. The lowest BCUT2D eigenvalue weighted by Crippen LogP contribution is -3.00. The third-order valence-electron chi connectivity index (χ3n) is 5.57. The molecule has 20 heavy (non-hydrogen) atoms. The highest BCUT2D eigenvalue weighted by molar-refractivity contribution is 8.16. The number of aliphatic hydroxyl groups excluding tert-OH is 1. The fraction of sp³-hybridized carbons (Fsp3) is 0.800. The summed E-state index contributed by atoms with van der Waals surface area (Å²) >= 11 is 1.62. The molecule has 0 spiro atoms. The maximum Gasteiger partial charge on any atom is 0.308 e. The zero-order valence-corrected chi connectivity index (χ0v) is 14.1. The summed E-state index contributed by atoms with van der Waals surface area (Å²) in [5, 5.41) is 17.0. The van der Waals surface area contributed by atoms with Crippen LogP contribution in [0.4, 0.5) is 0 Å². The van der Waals surface area contributed by atoms with Gasteiger partial charge in [-0.3, -0.25) is 10.3 Å². The molecule has 0 aromatic carbocycles. The van der Waals surface area contributed by atoms with E-state index in [1.807, 2.05) is 5.41 Å². The van der Waals surface area contributed by atoms with E-state index in [1.165, 1.54) is 38.5 Å². The van der Waals surface area contributed by atoms with Crippen molar-refractivity contribution in [2.75, 3.05) is 13.1 Å². The maximum absolute atomic E-state index is 10.6. The van der Waals surface area contributed by atoms with E-state index in [2.05, 4.69) is 10.3 Å². The molecule has 0 aromatic rings. The maximum atomic E-state index is 10.6. The fourth-order valence-electron chi connectivity index (χ4n) is 5.16.